The molecule has 0 fully saturated rings. The van der Waals surface area contributed by atoms with Gasteiger partial charge in [0.05, 0.1) is 0 Å². The fourth-order valence-corrected chi connectivity index (χ4v) is 8.82. The maximum atomic E-state index is 6.69. The molecule has 5 nitrogen and oxygen atoms in total. The molecule has 0 amide bonds. The Kier molecular flexibility index (Phi) is 11.6. The Labute approximate surface area is 405 Å². The van der Waals surface area contributed by atoms with Crippen molar-refractivity contribution in [1.29, 1.82) is 0 Å². The molecule has 0 N–H and O–H groups in total. The van der Waals surface area contributed by atoms with Gasteiger partial charge in [0.25, 0.3) is 0 Å². The molecule has 3 heterocycles. The van der Waals surface area contributed by atoms with Crippen molar-refractivity contribution in [3.8, 4) is 39.6 Å². The summed E-state index contributed by atoms with van der Waals surface area (Å²) < 4.78 is 8.91. The molecule has 1 aliphatic heterocycles. The molecule has 334 valence electrons. The molecule has 0 saturated carbocycles. The van der Waals surface area contributed by atoms with Gasteiger partial charge in [0.2, 0.25) is 0 Å². The Morgan fingerprint density at radius 3 is 1.85 bits per heavy atom. The molecule has 0 unspecified atom stereocenters. The molecule has 0 atom stereocenters. The van der Waals surface area contributed by atoms with E-state index in [9.17, 15) is 0 Å². The minimum absolute atomic E-state index is 0. The summed E-state index contributed by atoms with van der Waals surface area (Å²) in [5.41, 5.74) is 14.6. The van der Waals surface area contributed by atoms with Crippen LogP contribution in [0, 0.1) is 18.8 Å². The molecule has 0 spiro atoms. The molecule has 7 aromatic carbocycles. The van der Waals surface area contributed by atoms with E-state index in [1.54, 1.807) is 0 Å². The first-order valence-electron chi connectivity index (χ1n) is 22.6. The first-order chi connectivity index (χ1) is 31.1. The second-order valence-corrected chi connectivity index (χ2v) is 20.4. The maximum absolute atomic E-state index is 6.69. The number of hydrogen-bond donors (Lipinski definition) is 0. The fraction of sp³-hybridized carbons (Fsp3) is 0.200. The van der Waals surface area contributed by atoms with Gasteiger partial charge < -0.3 is 19.1 Å². The van der Waals surface area contributed by atoms with Gasteiger partial charge in [-0.05, 0) is 103 Å². The van der Waals surface area contributed by atoms with Crippen LogP contribution in [0.15, 0.2) is 164 Å². The number of fused-ring (bicyclic) bond motifs is 4. The monoisotopic (exact) mass is 1040 g/mol. The molecule has 10 rings (SSSR count). The van der Waals surface area contributed by atoms with E-state index in [1.165, 1.54) is 33.4 Å². The van der Waals surface area contributed by atoms with Gasteiger partial charge in [0.15, 0.2) is 0 Å². The smallest absolute Gasteiger partial charge is 0.135 e. The van der Waals surface area contributed by atoms with E-state index in [4.69, 9.17) is 9.72 Å². The predicted octanol–water partition coefficient (Wildman–Crippen LogP) is 16.2. The zero-order chi connectivity index (χ0) is 45.3. The van der Waals surface area contributed by atoms with Crippen LogP contribution in [-0.4, -0.2) is 9.55 Å². The number of rotatable bonds is 7. The molecule has 0 saturated heterocycles. The Balaban J connectivity index is 0.00000548. The van der Waals surface area contributed by atoms with Gasteiger partial charge >= 0.3 is 0 Å². The number of pyridine rings is 1. The zero-order valence-electron chi connectivity index (χ0n) is 39.2. The molecule has 1 aliphatic rings. The summed E-state index contributed by atoms with van der Waals surface area (Å²) in [6, 6.07) is 63.6. The summed E-state index contributed by atoms with van der Waals surface area (Å²) in [6.07, 6.45) is 1.91. The average Bonchev–Trinajstić information content (AvgIpc) is 3.84. The van der Waals surface area contributed by atoms with Crippen LogP contribution in [0.1, 0.15) is 79.0 Å². The van der Waals surface area contributed by atoms with Gasteiger partial charge in [-0.15, -0.1) is 48.1 Å². The predicted molar refractivity (Wildman–Crippen MR) is 271 cm³/mol. The number of ether oxygens (including phenoxy) is 1. The van der Waals surface area contributed by atoms with E-state index in [0.717, 1.165) is 55.9 Å². The number of anilines is 4. The van der Waals surface area contributed by atoms with Crippen molar-refractivity contribution in [2.24, 2.45) is 0 Å². The zero-order valence-corrected chi connectivity index (χ0v) is 41.5. The third-order valence-corrected chi connectivity index (χ3v) is 12.6. The van der Waals surface area contributed by atoms with Crippen molar-refractivity contribution >= 4 is 44.6 Å². The summed E-state index contributed by atoms with van der Waals surface area (Å²) in [7, 11) is 0. The topological polar surface area (TPSA) is 33.5 Å². The van der Waals surface area contributed by atoms with E-state index in [2.05, 4.69) is 235 Å². The standard InChI is InChI=1S/C60H55N4O.Pt/c1-58(2,3)44-25-22-41(23-26-44)43-32-46(60(7,8)9)35-48(33-43)63-39-62(54-20-13-14-21-55(54)63)47-18-15-19-49(37-47)65-50-27-28-51-52-34-42(40-16-11-10-12-17-40)24-29-53(52)64(56(51)38-50)57-36-45(30-31-61-57)59(4,5)6;/h10-36,39H,1-9H3;/q-3;. The largest absolute Gasteiger partial charge is 0.509 e. The molecule has 0 aliphatic carbocycles. The fourth-order valence-electron chi connectivity index (χ4n) is 8.82. The van der Waals surface area contributed by atoms with Crippen LogP contribution in [0.25, 0.3) is 49.9 Å². The van der Waals surface area contributed by atoms with Gasteiger partial charge in [-0.2, -0.15) is 12.1 Å². The third-order valence-electron chi connectivity index (χ3n) is 12.6. The van der Waals surface area contributed by atoms with Crippen molar-refractivity contribution in [2.75, 3.05) is 9.80 Å². The number of benzene rings is 7. The Hall–Kier alpha value is -6.42. The first-order valence-corrected chi connectivity index (χ1v) is 22.6. The quantitative estimate of drug-likeness (QED) is 0.149. The summed E-state index contributed by atoms with van der Waals surface area (Å²) in [5.74, 6) is 2.04. The van der Waals surface area contributed by atoms with Crippen molar-refractivity contribution in [2.45, 2.75) is 78.6 Å². The van der Waals surface area contributed by atoms with Crippen LogP contribution in [0.5, 0.6) is 11.5 Å². The van der Waals surface area contributed by atoms with Gasteiger partial charge in [-0.25, -0.2) is 4.98 Å². The molecule has 0 radical (unpaired) electrons. The van der Waals surface area contributed by atoms with Gasteiger partial charge in [0.1, 0.15) is 5.82 Å². The second kappa shape index (κ2) is 17.1. The van der Waals surface area contributed by atoms with Gasteiger partial charge in [-0.3, -0.25) is 0 Å². The Morgan fingerprint density at radius 2 is 1.14 bits per heavy atom. The van der Waals surface area contributed by atoms with E-state index in [1.807, 2.05) is 24.4 Å². The first kappa shape index (κ1) is 44.8. The minimum atomic E-state index is -0.0546. The summed E-state index contributed by atoms with van der Waals surface area (Å²) in [4.78, 5) is 9.42. The van der Waals surface area contributed by atoms with Crippen LogP contribution >= 0.6 is 0 Å². The molecule has 9 aromatic rings. The summed E-state index contributed by atoms with van der Waals surface area (Å²) >= 11 is 0. The van der Waals surface area contributed by atoms with Gasteiger partial charge in [0, 0.05) is 61.3 Å². The molecule has 6 heteroatoms. The second-order valence-electron chi connectivity index (χ2n) is 20.4. The third kappa shape index (κ3) is 8.58. The minimum Gasteiger partial charge on any atom is -0.509 e. The van der Waals surface area contributed by atoms with E-state index in [-0.39, 0.29) is 37.3 Å². The van der Waals surface area contributed by atoms with E-state index >= 15 is 0 Å². The summed E-state index contributed by atoms with van der Waals surface area (Å²) in [6.45, 7) is 22.5. The number of hydrogen-bond acceptors (Lipinski definition) is 4. The van der Waals surface area contributed by atoms with Crippen LogP contribution in [0.2, 0.25) is 0 Å². The van der Waals surface area contributed by atoms with Crippen molar-refractivity contribution in [1.82, 2.24) is 9.55 Å². The van der Waals surface area contributed by atoms with Crippen molar-refractivity contribution < 1.29 is 25.8 Å². The van der Waals surface area contributed by atoms with Crippen LogP contribution in [0.3, 0.4) is 0 Å². The molecule has 0 bridgehead atoms. The van der Waals surface area contributed by atoms with E-state index < -0.39 is 0 Å². The van der Waals surface area contributed by atoms with Crippen molar-refractivity contribution in [3.05, 3.63) is 199 Å². The van der Waals surface area contributed by atoms with Crippen LogP contribution < -0.4 is 14.5 Å². The molecular formula is C60H55N4OPt-3. The average molecular weight is 1040 g/mol. The number of nitrogens with zero attached hydrogens (tertiary/aromatic N) is 4. The molecular weight excluding hydrogens is 988 g/mol. The SMILES string of the molecule is CC(C)(C)c1ccc(-c2cc(N3[CH-]N(c4[c-]c(Oc5[c-]c6c(cc5)c5cc(-c7ccccc7)ccc5n6-c5cc(C(C)(C)C)ccn5)ccc4)c4ccccc43)cc(C(C)(C)C)c2)cc1.[Pt]. The van der Waals surface area contributed by atoms with Gasteiger partial charge in [-0.1, -0.05) is 153 Å². The number of aromatic nitrogens is 2. The van der Waals surface area contributed by atoms with Crippen molar-refractivity contribution in [3.63, 3.8) is 0 Å². The van der Waals surface area contributed by atoms with E-state index in [0.29, 0.717) is 11.5 Å². The maximum Gasteiger partial charge on any atom is 0.135 e. The van der Waals surface area contributed by atoms with Crippen LogP contribution in [0.4, 0.5) is 22.7 Å². The molecule has 2 aromatic heterocycles. The Bertz CT molecular complexity index is 3220. The normalized spacial score (nSPS) is 13.0. The Morgan fingerprint density at radius 1 is 0.485 bits per heavy atom. The summed E-state index contributed by atoms with van der Waals surface area (Å²) in [5, 5.41) is 2.21. The van der Waals surface area contributed by atoms with Crippen LogP contribution in [-0.2, 0) is 37.3 Å². The molecule has 66 heavy (non-hydrogen) atoms. The number of para-hydroxylation sites is 2.